The van der Waals surface area contributed by atoms with Crippen LogP contribution in [0.25, 0.3) is 0 Å². The number of rotatable bonds is 4. The van der Waals surface area contributed by atoms with E-state index < -0.39 is 0 Å². The SMILES string of the molecule is N#Cc1ccc(CO/N=[C]\C2CC2)cc1. The van der Waals surface area contributed by atoms with Crippen molar-refractivity contribution in [3.05, 3.63) is 35.4 Å². The fourth-order valence-corrected chi connectivity index (χ4v) is 1.11. The molecule has 1 saturated carbocycles. The standard InChI is InChI=1S/C12H11N2O/c13-7-10-1-5-12(6-2-10)9-15-14-8-11-3-4-11/h1-2,5-6,11H,3-4,9H2. The van der Waals surface area contributed by atoms with Gasteiger partial charge in [0.1, 0.15) is 12.8 Å². The Morgan fingerprint density at radius 2 is 2.07 bits per heavy atom. The fourth-order valence-electron chi connectivity index (χ4n) is 1.11. The minimum atomic E-state index is 0.436. The van der Waals surface area contributed by atoms with Crippen molar-refractivity contribution < 1.29 is 4.84 Å². The lowest BCUT2D eigenvalue weighted by molar-refractivity contribution is 0.131. The van der Waals surface area contributed by atoms with E-state index in [0.717, 1.165) is 5.56 Å². The van der Waals surface area contributed by atoms with E-state index in [4.69, 9.17) is 10.1 Å². The third-order valence-electron chi connectivity index (χ3n) is 2.19. The van der Waals surface area contributed by atoms with Gasteiger partial charge in [-0.25, -0.2) is 0 Å². The van der Waals surface area contributed by atoms with Gasteiger partial charge in [0.15, 0.2) is 0 Å². The monoisotopic (exact) mass is 199 g/mol. The van der Waals surface area contributed by atoms with Crippen molar-refractivity contribution >= 4 is 6.21 Å². The number of hydrogen-bond donors (Lipinski definition) is 0. The third kappa shape index (κ3) is 3.10. The van der Waals surface area contributed by atoms with Gasteiger partial charge >= 0.3 is 0 Å². The molecule has 0 N–H and O–H groups in total. The summed E-state index contributed by atoms with van der Waals surface area (Å²) < 4.78 is 0. The minimum Gasteiger partial charge on any atom is -0.391 e. The van der Waals surface area contributed by atoms with Crippen LogP contribution in [-0.4, -0.2) is 6.21 Å². The van der Waals surface area contributed by atoms with Gasteiger partial charge in [0.2, 0.25) is 0 Å². The van der Waals surface area contributed by atoms with Gasteiger partial charge in [-0.1, -0.05) is 17.3 Å². The average molecular weight is 199 g/mol. The quantitative estimate of drug-likeness (QED) is 0.552. The molecule has 2 rings (SSSR count). The first-order valence-corrected chi connectivity index (χ1v) is 4.95. The van der Waals surface area contributed by atoms with E-state index >= 15 is 0 Å². The van der Waals surface area contributed by atoms with Crippen molar-refractivity contribution in [3.63, 3.8) is 0 Å². The summed E-state index contributed by atoms with van der Waals surface area (Å²) >= 11 is 0. The minimum absolute atomic E-state index is 0.436. The molecule has 0 atom stereocenters. The van der Waals surface area contributed by atoms with Crippen LogP contribution in [0.4, 0.5) is 0 Å². The molecule has 0 spiro atoms. The first-order valence-electron chi connectivity index (χ1n) is 4.95. The summed E-state index contributed by atoms with van der Waals surface area (Å²) in [7, 11) is 0. The molecule has 3 heteroatoms. The summed E-state index contributed by atoms with van der Waals surface area (Å²) in [6.45, 7) is 0.436. The molecule has 0 heterocycles. The number of nitrogens with zero attached hydrogens (tertiary/aromatic N) is 2. The smallest absolute Gasteiger partial charge is 0.142 e. The van der Waals surface area contributed by atoms with Crippen LogP contribution in [0.2, 0.25) is 0 Å². The molecule has 1 aromatic rings. The zero-order valence-electron chi connectivity index (χ0n) is 8.31. The summed E-state index contributed by atoms with van der Waals surface area (Å²) in [5, 5.41) is 12.4. The molecule has 0 saturated heterocycles. The topological polar surface area (TPSA) is 45.4 Å². The Bertz CT molecular complexity index is 385. The molecule has 1 fully saturated rings. The van der Waals surface area contributed by atoms with Crippen LogP contribution in [0.3, 0.4) is 0 Å². The molecular formula is C12H11N2O. The van der Waals surface area contributed by atoms with Gasteiger partial charge in [-0.05, 0) is 30.5 Å². The molecule has 0 unspecified atom stereocenters. The second-order valence-corrected chi connectivity index (χ2v) is 3.58. The Labute approximate surface area is 89.0 Å². The van der Waals surface area contributed by atoms with E-state index in [2.05, 4.69) is 17.4 Å². The van der Waals surface area contributed by atoms with Gasteiger partial charge in [0, 0.05) is 5.92 Å². The summed E-state index contributed by atoms with van der Waals surface area (Å²) in [5.74, 6) is 0.519. The van der Waals surface area contributed by atoms with Crippen molar-refractivity contribution in [2.75, 3.05) is 0 Å². The maximum Gasteiger partial charge on any atom is 0.142 e. The average Bonchev–Trinajstić information content (AvgIpc) is 3.09. The Morgan fingerprint density at radius 3 is 2.67 bits per heavy atom. The molecule has 0 amide bonds. The van der Waals surface area contributed by atoms with Gasteiger partial charge in [0.25, 0.3) is 0 Å². The third-order valence-corrected chi connectivity index (χ3v) is 2.19. The fraction of sp³-hybridized carbons (Fsp3) is 0.333. The molecule has 75 valence electrons. The summed E-state index contributed by atoms with van der Waals surface area (Å²) in [4.78, 5) is 5.08. The molecular weight excluding hydrogens is 188 g/mol. The van der Waals surface area contributed by atoms with Gasteiger partial charge in [-0.15, -0.1) is 0 Å². The van der Waals surface area contributed by atoms with Crippen LogP contribution < -0.4 is 0 Å². The maximum atomic E-state index is 8.60. The van der Waals surface area contributed by atoms with Gasteiger partial charge < -0.3 is 4.84 Å². The maximum absolute atomic E-state index is 8.60. The van der Waals surface area contributed by atoms with Crippen LogP contribution in [0.15, 0.2) is 29.4 Å². The highest BCUT2D eigenvalue weighted by Gasteiger charge is 2.19. The summed E-state index contributed by atoms with van der Waals surface area (Å²) in [6, 6.07) is 9.34. The first-order chi connectivity index (χ1) is 7.38. The second kappa shape index (κ2) is 4.61. The highest BCUT2D eigenvalue weighted by Crippen LogP contribution is 2.26. The highest BCUT2D eigenvalue weighted by molar-refractivity contribution is 5.62. The zero-order valence-corrected chi connectivity index (χ0v) is 8.31. The Kier molecular flexibility index (Phi) is 2.99. The molecule has 0 aliphatic heterocycles. The summed E-state index contributed by atoms with van der Waals surface area (Å²) in [5.41, 5.74) is 1.67. The molecule has 3 nitrogen and oxygen atoms in total. The zero-order chi connectivity index (χ0) is 10.5. The van der Waals surface area contributed by atoms with Crippen molar-refractivity contribution in [2.45, 2.75) is 19.4 Å². The van der Waals surface area contributed by atoms with Crippen molar-refractivity contribution in [1.29, 1.82) is 5.26 Å². The van der Waals surface area contributed by atoms with E-state index in [0.29, 0.717) is 18.1 Å². The Morgan fingerprint density at radius 1 is 1.33 bits per heavy atom. The molecule has 1 aromatic carbocycles. The summed E-state index contributed by atoms with van der Waals surface area (Å²) in [6.07, 6.45) is 5.27. The van der Waals surface area contributed by atoms with Crippen LogP contribution >= 0.6 is 0 Å². The lowest BCUT2D eigenvalue weighted by Crippen LogP contribution is -1.88. The van der Waals surface area contributed by atoms with Crippen LogP contribution in [0, 0.1) is 17.2 Å². The van der Waals surface area contributed by atoms with Gasteiger partial charge in [0.05, 0.1) is 11.6 Å². The van der Waals surface area contributed by atoms with E-state index in [9.17, 15) is 0 Å². The molecule has 1 radical (unpaired) electrons. The first kappa shape index (κ1) is 9.72. The predicted octanol–water partition coefficient (Wildman–Crippen LogP) is 2.35. The predicted molar refractivity (Wildman–Crippen MR) is 56.1 cm³/mol. The van der Waals surface area contributed by atoms with Crippen molar-refractivity contribution in [3.8, 4) is 6.07 Å². The van der Waals surface area contributed by atoms with Gasteiger partial charge in [-0.3, -0.25) is 0 Å². The van der Waals surface area contributed by atoms with Crippen molar-refractivity contribution in [1.82, 2.24) is 0 Å². The molecule has 1 aliphatic rings. The van der Waals surface area contributed by atoms with Crippen molar-refractivity contribution in [2.24, 2.45) is 11.1 Å². The van der Waals surface area contributed by atoms with Crippen LogP contribution in [-0.2, 0) is 11.4 Å². The van der Waals surface area contributed by atoms with Gasteiger partial charge in [-0.2, -0.15) is 5.26 Å². The highest BCUT2D eigenvalue weighted by atomic mass is 16.6. The lowest BCUT2D eigenvalue weighted by atomic mass is 10.2. The molecule has 0 bridgehead atoms. The molecule has 1 aliphatic carbocycles. The van der Waals surface area contributed by atoms with E-state index in [1.165, 1.54) is 12.8 Å². The lowest BCUT2D eigenvalue weighted by Gasteiger charge is -1.98. The number of benzene rings is 1. The second-order valence-electron chi connectivity index (χ2n) is 3.58. The Hall–Kier alpha value is -1.82. The normalized spacial score (nSPS) is 15.1. The number of nitriles is 1. The van der Waals surface area contributed by atoms with Crippen LogP contribution in [0.1, 0.15) is 24.0 Å². The molecule has 15 heavy (non-hydrogen) atoms. The van der Waals surface area contributed by atoms with Crippen LogP contribution in [0.5, 0.6) is 0 Å². The van der Waals surface area contributed by atoms with E-state index in [1.807, 2.05) is 12.1 Å². The van der Waals surface area contributed by atoms with E-state index in [-0.39, 0.29) is 0 Å². The largest absolute Gasteiger partial charge is 0.391 e. The number of hydrogen-bond acceptors (Lipinski definition) is 3. The van der Waals surface area contributed by atoms with E-state index in [1.54, 1.807) is 12.1 Å². The Balaban J connectivity index is 1.80. The molecule has 0 aromatic heterocycles.